The van der Waals surface area contributed by atoms with Crippen molar-refractivity contribution in [3.05, 3.63) is 81.5 Å². The number of aryl methyl sites for hydroxylation is 1. The van der Waals surface area contributed by atoms with Gasteiger partial charge in [-0.2, -0.15) is 0 Å². The Morgan fingerprint density at radius 3 is 2.21 bits per heavy atom. The van der Waals surface area contributed by atoms with Crippen LogP contribution in [0, 0.1) is 20.8 Å². The second-order valence-corrected chi connectivity index (χ2v) is 7.37. The van der Waals surface area contributed by atoms with E-state index in [-0.39, 0.29) is 5.97 Å². The molecule has 0 aromatic heterocycles. The van der Waals surface area contributed by atoms with Gasteiger partial charge in [-0.1, -0.05) is 53.7 Å². The topological polar surface area (TPSA) is 35.5 Å². The molecule has 0 atom stereocenters. The Labute approximate surface area is 176 Å². The van der Waals surface area contributed by atoms with Gasteiger partial charge in [-0.05, 0) is 75.4 Å². The number of esters is 1. The smallest absolute Gasteiger partial charge is 0.302 e. The molecule has 0 aliphatic carbocycles. The van der Waals surface area contributed by atoms with Gasteiger partial charge in [-0.25, -0.2) is 0 Å². The number of hydrogen-bond acceptors (Lipinski definition) is 3. The number of carbonyl (C=O) groups is 1. The first-order chi connectivity index (χ1) is 13.6. The van der Waals surface area contributed by atoms with Crippen molar-refractivity contribution < 1.29 is 14.3 Å². The van der Waals surface area contributed by atoms with E-state index in [0.29, 0.717) is 6.61 Å². The monoisotopic (exact) mass is 394 g/mol. The number of hydrogen-bond donors (Lipinski definition) is 0. The van der Waals surface area contributed by atoms with Crippen LogP contribution < -0.4 is 4.74 Å². The highest BCUT2D eigenvalue weighted by Crippen LogP contribution is 2.28. The molecule has 0 heterocycles. The van der Waals surface area contributed by atoms with Gasteiger partial charge in [0.1, 0.15) is 12.4 Å². The summed E-state index contributed by atoms with van der Waals surface area (Å²) in [7, 11) is 1.71. The van der Waals surface area contributed by atoms with Crippen LogP contribution in [-0.4, -0.2) is 19.7 Å². The van der Waals surface area contributed by atoms with Gasteiger partial charge in [-0.15, -0.1) is 0 Å². The van der Waals surface area contributed by atoms with Crippen LogP contribution in [0.4, 0.5) is 0 Å². The Bertz CT molecular complexity index is 878. The summed E-state index contributed by atoms with van der Waals surface area (Å²) in [5.74, 6) is 0.675. The SMILES string of the molecule is COc1cc(C)c(/C=C/C(C)=C/C=C/C(C)=C/C=C(\C)COC(C)=O)c(C)c1C. The largest absolute Gasteiger partial charge is 0.496 e. The quantitative estimate of drug-likeness (QED) is 0.368. The van der Waals surface area contributed by atoms with Crippen LogP contribution in [0.15, 0.2) is 59.2 Å². The molecule has 0 bridgehead atoms. The van der Waals surface area contributed by atoms with Gasteiger partial charge in [0.2, 0.25) is 0 Å². The first kappa shape index (κ1) is 24.2. The minimum atomic E-state index is -0.262. The molecule has 3 nitrogen and oxygen atoms in total. The molecule has 29 heavy (non-hydrogen) atoms. The lowest BCUT2D eigenvalue weighted by Gasteiger charge is -2.13. The van der Waals surface area contributed by atoms with Gasteiger partial charge >= 0.3 is 5.97 Å². The second kappa shape index (κ2) is 11.9. The molecular weight excluding hydrogens is 360 g/mol. The maximum Gasteiger partial charge on any atom is 0.302 e. The van der Waals surface area contributed by atoms with Crippen LogP contribution in [-0.2, 0) is 9.53 Å². The van der Waals surface area contributed by atoms with Crippen LogP contribution >= 0.6 is 0 Å². The number of benzene rings is 1. The molecule has 1 rings (SSSR count). The molecule has 0 saturated carbocycles. The lowest BCUT2D eigenvalue weighted by molar-refractivity contribution is -0.139. The van der Waals surface area contributed by atoms with Crippen molar-refractivity contribution in [1.82, 2.24) is 0 Å². The van der Waals surface area contributed by atoms with E-state index in [4.69, 9.17) is 9.47 Å². The predicted molar refractivity (Wildman–Crippen MR) is 123 cm³/mol. The fraction of sp³-hybridized carbons (Fsp3) is 0.346. The van der Waals surface area contributed by atoms with E-state index in [1.807, 2.05) is 32.1 Å². The maximum absolute atomic E-state index is 10.8. The fourth-order valence-electron chi connectivity index (χ4n) is 2.75. The van der Waals surface area contributed by atoms with Gasteiger partial charge in [0.05, 0.1) is 7.11 Å². The van der Waals surface area contributed by atoms with E-state index < -0.39 is 0 Å². The molecular formula is C26H34O3. The minimum Gasteiger partial charge on any atom is -0.496 e. The highest BCUT2D eigenvalue weighted by molar-refractivity contribution is 5.66. The third-order valence-electron chi connectivity index (χ3n) is 4.69. The summed E-state index contributed by atoms with van der Waals surface area (Å²) < 4.78 is 10.4. The second-order valence-electron chi connectivity index (χ2n) is 7.37. The summed E-state index contributed by atoms with van der Waals surface area (Å²) in [5, 5.41) is 0. The standard InChI is InChI=1S/C26H34O3/c1-18(12-13-20(3)17-29-24(7)27)10-9-11-19(2)14-15-25-21(4)16-26(28-8)23(6)22(25)5/h9-16H,17H2,1-8H3/b10-9+,15-14+,18-12+,19-11+,20-13+. The third kappa shape index (κ3) is 8.39. The van der Waals surface area contributed by atoms with E-state index in [1.54, 1.807) is 7.11 Å². The average Bonchev–Trinajstić information content (AvgIpc) is 2.67. The van der Waals surface area contributed by atoms with E-state index in [0.717, 1.165) is 16.9 Å². The van der Waals surface area contributed by atoms with E-state index in [2.05, 4.69) is 58.1 Å². The molecule has 156 valence electrons. The Hall–Kier alpha value is -2.81. The zero-order valence-corrected chi connectivity index (χ0v) is 19.1. The maximum atomic E-state index is 10.8. The third-order valence-corrected chi connectivity index (χ3v) is 4.69. The molecule has 0 radical (unpaired) electrons. The Balaban J connectivity index is 2.81. The summed E-state index contributed by atoms with van der Waals surface area (Å²) in [5.41, 5.74) is 8.17. The van der Waals surface area contributed by atoms with Crippen molar-refractivity contribution >= 4 is 12.0 Å². The Morgan fingerprint density at radius 2 is 1.59 bits per heavy atom. The molecule has 0 N–H and O–H groups in total. The molecule has 3 heteroatoms. The van der Waals surface area contributed by atoms with E-state index in [1.165, 1.54) is 34.8 Å². The molecule has 1 aromatic carbocycles. The van der Waals surface area contributed by atoms with Crippen LogP contribution in [0.1, 0.15) is 49.9 Å². The first-order valence-electron chi connectivity index (χ1n) is 9.81. The van der Waals surface area contributed by atoms with Crippen molar-refractivity contribution in [2.75, 3.05) is 13.7 Å². The van der Waals surface area contributed by atoms with Gasteiger partial charge < -0.3 is 9.47 Å². The summed E-state index contributed by atoms with van der Waals surface area (Å²) >= 11 is 0. The molecule has 0 aliphatic rings. The van der Waals surface area contributed by atoms with Gasteiger partial charge in [0, 0.05) is 6.92 Å². The van der Waals surface area contributed by atoms with Gasteiger partial charge in [-0.3, -0.25) is 4.79 Å². The van der Waals surface area contributed by atoms with Gasteiger partial charge in [0.15, 0.2) is 0 Å². The average molecular weight is 395 g/mol. The number of methoxy groups -OCH3 is 1. The Kier molecular flexibility index (Phi) is 9.94. The first-order valence-corrected chi connectivity index (χ1v) is 9.81. The van der Waals surface area contributed by atoms with E-state index in [9.17, 15) is 4.79 Å². The normalized spacial score (nSPS) is 13.4. The van der Waals surface area contributed by atoms with Crippen LogP contribution in [0.3, 0.4) is 0 Å². The van der Waals surface area contributed by atoms with Gasteiger partial charge in [0.25, 0.3) is 0 Å². The lowest BCUT2D eigenvalue weighted by atomic mass is 9.96. The van der Waals surface area contributed by atoms with Crippen molar-refractivity contribution in [3.63, 3.8) is 0 Å². The highest BCUT2D eigenvalue weighted by atomic mass is 16.5. The lowest BCUT2D eigenvalue weighted by Crippen LogP contribution is -2.00. The minimum absolute atomic E-state index is 0.262. The predicted octanol–water partition coefficient (Wildman–Crippen LogP) is 6.59. The summed E-state index contributed by atoms with van der Waals surface area (Å²) in [6.07, 6.45) is 14.5. The molecule has 0 unspecified atom stereocenters. The number of carbonyl (C=O) groups excluding carboxylic acids is 1. The molecule has 0 aliphatic heterocycles. The summed E-state index contributed by atoms with van der Waals surface area (Å²) in [6, 6.07) is 2.09. The van der Waals surface area contributed by atoms with Crippen molar-refractivity contribution in [2.45, 2.75) is 48.5 Å². The molecule has 0 fully saturated rings. The zero-order chi connectivity index (χ0) is 22.0. The van der Waals surface area contributed by atoms with Crippen LogP contribution in [0.5, 0.6) is 5.75 Å². The molecule has 0 amide bonds. The van der Waals surface area contributed by atoms with Crippen molar-refractivity contribution in [2.24, 2.45) is 0 Å². The Morgan fingerprint density at radius 1 is 0.931 bits per heavy atom. The van der Waals surface area contributed by atoms with Crippen molar-refractivity contribution in [1.29, 1.82) is 0 Å². The number of allylic oxidation sites excluding steroid dienone is 8. The highest BCUT2D eigenvalue weighted by Gasteiger charge is 2.08. The number of ether oxygens (including phenoxy) is 2. The zero-order valence-electron chi connectivity index (χ0n) is 19.1. The molecule has 0 spiro atoms. The summed E-state index contributed by atoms with van der Waals surface area (Å²) in [4.78, 5) is 10.8. The number of rotatable bonds is 8. The van der Waals surface area contributed by atoms with Crippen LogP contribution in [0.25, 0.3) is 6.08 Å². The van der Waals surface area contributed by atoms with Crippen LogP contribution in [0.2, 0.25) is 0 Å². The summed E-state index contributed by atoms with van der Waals surface area (Å²) in [6.45, 7) is 14.1. The van der Waals surface area contributed by atoms with Crippen molar-refractivity contribution in [3.8, 4) is 5.75 Å². The van der Waals surface area contributed by atoms with E-state index >= 15 is 0 Å². The molecule has 1 aromatic rings. The molecule has 0 saturated heterocycles. The fourth-order valence-corrected chi connectivity index (χ4v) is 2.75.